The molecule has 20 heavy (non-hydrogen) atoms. The molecule has 1 saturated carbocycles. The number of benzene rings is 1. The second kappa shape index (κ2) is 7.94. The van der Waals surface area contributed by atoms with Crippen LogP contribution in [0.2, 0.25) is 0 Å². The van der Waals surface area contributed by atoms with E-state index < -0.39 is 0 Å². The van der Waals surface area contributed by atoms with E-state index in [1.807, 2.05) is 7.11 Å². The summed E-state index contributed by atoms with van der Waals surface area (Å²) in [5.74, 6) is 1.97. The minimum atomic E-state index is 0. The van der Waals surface area contributed by atoms with Gasteiger partial charge in [0, 0.05) is 32.7 Å². The number of hydrogen-bond donors (Lipinski definition) is 0. The molecule has 0 spiro atoms. The van der Waals surface area contributed by atoms with Gasteiger partial charge in [-0.3, -0.25) is 0 Å². The summed E-state index contributed by atoms with van der Waals surface area (Å²) < 4.78 is 5.73. The summed E-state index contributed by atoms with van der Waals surface area (Å²) in [5, 5.41) is 0. The molecule has 109 valence electrons. The second-order valence-electron chi connectivity index (χ2n) is 6.03. The fourth-order valence-electron chi connectivity index (χ4n) is 3.37. The van der Waals surface area contributed by atoms with Crippen molar-refractivity contribution in [2.75, 3.05) is 7.11 Å². The maximum atomic E-state index is 5.73. The van der Waals surface area contributed by atoms with Gasteiger partial charge in [-0.1, -0.05) is 12.8 Å². The fourth-order valence-corrected chi connectivity index (χ4v) is 3.37. The monoisotopic (exact) mass is 348 g/mol. The van der Waals surface area contributed by atoms with Crippen LogP contribution >= 0.6 is 0 Å². The first kappa shape index (κ1) is 18.2. The van der Waals surface area contributed by atoms with Crippen molar-refractivity contribution in [1.82, 2.24) is 0 Å². The first-order chi connectivity index (χ1) is 9.06. The molecule has 1 nitrogen and oxygen atoms in total. The summed E-state index contributed by atoms with van der Waals surface area (Å²) >= 11 is 0. The molecule has 1 aliphatic rings. The first-order valence-corrected chi connectivity index (χ1v) is 7.51. The molecule has 0 heterocycles. The van der Waals surface area contributed by atoms with Crippen molar-refractivity contribution >= 4 is 0 Å². The molecule has 0 atom stereocenters. The van der Waals surface area contributed by atoms with Crippen molar-refractivity contribution < 1.29 is 37.4 Å². The molecular weight excluding hydrogens is 321 g/mol. The molecule has 0 unspecified atom stereocenters. The van der Waals surface area contributed by atoms with Crippen molar-refractivity contribution in [3.8, 4) is 5.75 Å². The van der Waals surface area contributed by atoms with Crippen molar-refractivity contribution in [3.63, 3.8) is 0 Å². The third kappa shape index (κ3) is 3.66. The SMILES string of the molecule is COc1c(C)c(C)c(C)c(C)c1CC1CC[CH-]CC1.[Y]. The van der Waals surface area contributed by atoms with E-state index in [0.717, 1.165) is 11.7 Å². The van der Waals surface area contributed by atoms with E-state index in [0.29, 0.717) is 0 Å². The van der Waals surface area contributed by atoms with Crippen LogP contribution in [0.1, 0.15) is 53.5 Å². The van der Waals surface area contributed by atoms with E-state index in [9.17, 15) is 0 Å². The number of ether oxygens (including phenoxy) is 1. The second-order valence-corrected chi connectivity index (χ2v) is 6.03. The van der Waals surface area contributed by atoms with E-state index >= 15 is 0 Å². The van der Waals surface area contributed by atoms with Crippen LogP contribution in [0.15, 0.2) is 0 Å². The van der Waals surface area contributed by atoms with Gasteiger partial charge in [-0.2, -0.15) is 12.8 Å². The molecule has 0 aliphatic heterocycles. The normalized spacial score (nSPS) is 15.8. The molecule has 0 N–H and O–H groups in total. The van der Waals surface area contributed by atoms with Gasteiger partial charge in [0.1, 0.15) is 5.75 Å². The predicted octanol–water partition coefficient (Wildman–Crippen LogP) is 4.86. The Balaban J connectivity index is 0.00000200. The zero-order valence-corrected chi connectivity index (χ0v) is 16.5. The Bertz CT molecular complexity index is 459. The molecule has 1 aromatic carbocycles. The average molecular weight is 348 g/mol. The van der Waals surface area contributed by atoms with Crippen LogP contribution < -0.4 is 4.74 Å². The van der Waals surface area contributed by atoms with Gasteiger partial charge >= 0.3 is 0 Å². The molecular formula is C18H27OY-. The number of hydrogen-bond acceptors (Lipinski definition) is 1. The molecule has 0 bridgehead atoms. The number of methoxy groups -OCH3 is 1. The van der Waals surface area contributed by atoms with Gasteiger partial charge in [-0.15, -0.1) is 0 Å². The molecule has 0 aromatic heterocycles. The Morgan fingerprint density at radius 3 is 2.05 bits per heavy atom. The van der Waals surface area contributed by atoms with Crippen molar-refractivity contribution in [2.45, 2.75) is 59.8 Å². The first-order valence-electron chi connectivity index (χ1n) is 7.51. The van der Waals surface area contributed by atoms with Gasteiger partial charge < -0.3 is 11.2 Å². The van der Waals surface area contributed by atoms with Crippen LogP contribution in [-0.4, -0.2) is 7.11 Å². The number of rotatable bonds is 3. The molecule has 1 aromatic rings. The van der Waals surface area contributed by atoms with Crippen molar-refractivity contribution in [1.29, 1.82) is 0 Å². The van der Waals surface area contributed by atoms with Gasteiger partial charge in [0.2, 0.25) is 0 Å². The summed E-state index contributed by atoms with van der Waals surface area (Å²) in [7, 11) is 1.81. The minimum absolute atomic E-state index is 0. The molecule has 0 amide bonds. The third-order valence-electron chi connectivity index (χ3n) is 5.01. The quantitative estimate of drug-likeness (QED) is 0.709. The summed E-state index contributed by atoms with van der Waals surface area (Å²) in [6.07, 6.45) is 8.88. The molecule has 0 saturated heterocycles. The summed E-state index contributed by atoms with van der Waals surface area (Å²) in [6.45, 7) is 8.90. The van der Waals surface area contributed by atoms with Crippen molar-refractivity contribution in [2.24, 2.45) is 5.92 Å². The van der Waals surface area contributed by atoms with Crippen LogP contribution in [0.4, 0.5) is 0 Å². The standard InChI is InChI=1S/C18H27O.Y/c1-12-13(2)15(4)18(19-5)17(14(12)3)11-16-9-7-6-8-10-16;/h6,16H,7-11H2,1-5H3;/q-1;. The largest absolute Gasteiger partial charge is 0.496 e. The summed E-state index contributed by atoms with van der Waals surface area (Å²) in [6, 6.07) is 0. The molecule has 1 radical (unpaired) electrons. The Morgan fingerprint density at radius 1 is 0.950 bits per heavy atom. The van der Waals surface area contributed by atoms with E-state index in [1.54, 1.807) is 0 Å². The maximum absolute atomic E-state index is 5.73. The molecule has 2 rings (SSSR count). The van der Waals surface area contributed by atoms with Crippen LogP contribution in [0.25, 0.3) is 0 Å². The van der Waals surface area contributed by atoms with Crippen LogP contribution in [0, 0.1) is 40.0 Å². The van der Waals surface area contributed by atoms with Gasteiger partial charge in [-0.05, 0) is 67.9 Å². The van der Waals surface area contributed by atoms with Gasteiger partial charge in [0.15, 0.2) is 0 Å². The third-order valence-corrected chi connectivity index (χ3v) is 5.01. The zero-order valence-electron chi connectivity index (χ0n) is 13.7. The van der Waals surface area contributed by atoms with Gasteiger partial charge in [-0.25, -0.2) is 0 Å². The van der Waals surface area contributed by atoms with Crippen LogP contribution in [0.3, 0.4) is 0 Å². The van der Waals surface area contributed by atoms with Gasteiger partial charge in [0.05, 0.1) is 7.11 Å². The van der Waals surface area contributed by atoms with E-state index in [-0.39, 0.29) is 32.7 Å². The Morgan fingerprint density at radius 2 is 1.50 bits per heavy atom. The van der Waals surface area contributed by atoms with E-state index in [1.165, 1.54) is 59.9 Å². The van der Waals surface area contributed by atoms with Gasteiger partial charge in [0.25, 0.3) is 0 Å². The Labute approximate surface area is 149 Å². The van der Waals surface area contributed by atoms with Crippen LogP contribution in [0.5, 0.6) is 5.75 Å². The van der Waals surface area contributed by atoms with Crippen molar-refractivity contribution in [3.05, 3.63) is 34.2 Å². The summed E-state index contributed by atoms with van der Waals surface area (Å²) in [4.78, 5) is 0. The van der Waals surface area contributed by atoms with E-state index in [4.69, 9.17) is 4.74 Å². The molecule has 2 heteroatoms. The smallest absolute Gasteiger partial charge is 0.125 e. The predicted molar refractivity (Wildman–Crippen MR) is 81.9 cm³/mol. The average Bonchev–Trinajstić information content (AvgIpc) is 2.44. The fraction of sp³-hybridized carbons (Fsp3) is 0.611. The van der Waals surface area contributed by atoms with Crippen LogP contribution in [-0.2, 0) is 39.1 Å². The van der Waals surface area contributed by atoms with E-state index in [2.05, 4.69) is 34.1 Å². The minimum Gasteiger partial charge on any atom is -0.496 e. The molecule has 1 fully saturated rings. The topological polar surface area (TPSA) is 9.23 Å². The Hall–Kier alpha value is 0.124. The maximum Gasteiger partial charge on any atom is 0.125 e. The zero-order chi connectivity index (χ0) is 14.0. The Kier molecular flexibility index (Phi) is 7.22. The summed E-state index contributed by atoms with van der Waals surface area (Å²) in [5.41, 5.74) is 7.04. The molecule has 1 aliphatic carbocycles.